The minimum absolute atomic E-state index is 1.12. The normalized spacial score (nSPS) is 11.3. The summed E-state index contributed by atoms with van der Waals surface area (Å²) in [5, 5.41) is 5.29. The lowest BCUT2D eigenvalue weighted by molar-refractivity contribution is 1.28. The van der Waals surface area contributed by atoms with Gasteiger partial charge in [-0.3, -0.25) is 0 Å². The Bertz CT molecular complexity index is 2430. The molecule has 0 saturated carbocycles. The van der Waals surface area contributed by atoms with Crippen LogP contribution in [0.5, 0.6) is 0 Å². The number of nitrogens with zero attached hydrogens (tertiary/aromatic N) is 1. The van der Waals surface area contributed by atoms with Crippen molar-refractivity contribution < 1.29 is 0 Å². The quantitative estimate of drug-likeness (QED) is 0.177. The highest BCUT2D eigenvalue weighted by molar-refractivity contribution is 7.26. The number of hydrogen-bond donors (Lipinski definition) is 0. The number of benzene rings is 8. The molecule has 0 fully saturated rings. The highest BCUT2D eigenvalue weighted by Gasteiger charge is 2.16. The molecule has 226 valence electrons. The van der Waals surface area contributed by atoms with E-state index in [9.17, 15) is 0 Å². The van der Waals surface area contributed by atoms with Gasteiger partial charge in [0.05, 0.1) is 0 Å². The lowest BCUT2D eigenvalue weighted by Gasteiger charge is -2.26. The van der Waals surface area contributed by atoms with Crippen LogP contribution in [0.1, 0.15) is 0 Å². The molecule has 9 aromatic rings. The fraction of sp³-hybridized carbons (Fsp3) is 0. The van der Waals surface area contributed by atoms with Crippen molar-refractivity contribution in [2.24, 2.45) is 0 Å². The van der Waals surface area contributed by atoms with Gasteiger partial charge in [0.15, 0.2) is 0 Å². The van der Waals surface area contributed by atoms with Gasteiger partial charge in [-0.2, -0.15) is 0 Å². The van der Waals surface area contributed by atoms with Gasteiger partial charge in [0.25, 0.3) is 0 Å². The first-order valence-corrected chi connectivity index (χ1v) is 17.2. The van der Waals surface area contributed by atoms with E-state index in [1.807, 2.05) is 11.3 Å². The van der Waals surface area contributed by atoms with Crippen LogP contribution in [0.4, 0.5) is 17.1 Å². The zero-order valence-corrected chi connectivity index (χ0v) is 27.1. The Labute approximate surface area is 284 Å². The lowest BCUT2D eigenvalue weighted by Crippen LogP contribution is -2.09. The maximum atomic E-state index is 2.39. The molecule has 8 aromatic carbocycles. The Morgan fingerprint density at radius 3 is 1.27 bits per heavy atom. The Morgan fingerprint density at radius 2 is 0.729 bits per heavy atom. The minimum atomic E-state index is 1.12. The molecule has 1 heterocycles. The predicted octanol–water partition coefficient (Wildman–Crippen LogP) is 13.7. The highest BCUT2D eigenvalue weighted by Crippen LogP contribution is 2.43. The van der Waals surface area contributed by atoms with Crippen molar-refractivity contribution in [3.05, 3.63) is 188 Å². The van der Waals surface area contributed by atoms with E-state index in [0.29, 0.717) is 0 Å². The van der Waals surface area contributed by atoms with Crippen molar-refractivity contribution >= 4 is 59.3 Å². The van der Waals surface area contributed by atoms with Crippen LogP contribution >= 0.6 is 11.3 Å². The summed E-state index contributed by atoms with van der Waals surface area (Å²) in [7, 11) is 0. The molecule has 0 aliphatic heterocycles. The van der Waals surface area contributed by atoms with Crippen molar-refractivity contribution in [3.63, 3.8) is 0 Å². The van der Waals surface area contributed by atoms with Gasteiger partial charge in [0.1, 0.15) is 0 Å². The molecule has 0 atom stereocenters. The SMILES string of the molecule is c1ccc(-c2ccc(N(c3ccc(-c4ccccc4)cc3)c3ccc(-c4cc5sc6ccccc6c5c5ccccc45)cc3)cc2)cc1. The van der Waals surface area contributed by atoms with Gasteiger partial charge in [0.2, 0.25) is 0 Å². The number of thiophene rings is 1. The molecule has 0 unspecified atom stereocenters. The highest BCUT2D eigenvalue weighted by atomic mass is 32.1. The number of rotatable bonds is 6. The first-order chi connectivity index (χ1) is 23.8. The fourth-order valence-corrected chi connectivity index (χ4v) is 8.09. The summed E-state index contributed by atoms with van der Waals surface area (Å²) in [6.07, 6.45) is 0. The van der Waals surface area contributed by atoms with E-state index in [1.165, 1.54) is 64.3 Å². The average molecular weight is 630 g/mol. The maximum Gasteiger partial charge on any atom is 0.0462 e. The van der Waals surface area contributed by atoms with E-state index in [-0.39, 0.29) is 0 Å². The van der Waals surface area contributed by atoms with E-state index >= 15 is 0 Å². The van der Waals surface area contributed by atoms with Gasteiger partial charge >= 0.3 is 0 Å². The topological polar surface area (TPSA) is 3.24 Å². The Morgan fingerprint density at radius 1 is 0.312 bits per heavy atom. The summed E-state index contributed by atoms with van der Waals surface area (Å²) >= 11 is 1.88. The van der Waals surface area contributed by atoms with Crippen molar-refractivity contribution in [2.75, 3.05) is 4.90 Å². The van der Waals surface area contributed by atoms with E-state index in [4.69, 9.17) is 0 Å². The molecule has 2 heteroatoms. The van der Waals surface area contributed by atoms with E-state index in [2.05, 4.69) is 193 Å². The Balaban J connectivity index is 1.14. The second-order valence-corrected chi connectivity index (χ2v) is 13.2. The summed E-state index contributed by atoms with van der Waals surface area (Å²) in [6.45, 7) is 0. The third kappa shape index (κ3) is 5.04. The molecule has 0 spiro atoms. The van der Waals surface area contributed by atoms with Crippen LogP contribution in [-0.2, 0) is 0 Å². The van der Waals surface area contributed by atoms with Crippen LogP contribution in [0.15, 0.2) is 188 Å². The fourth-order valence-electron chi connectivity index (χ4n) is 6.93. The summed E-state index contributed by atoms with van der Waals surface area (Å²) in [5.41, 5.74) is 10.7. The lowest BCUT2D eigenvalue weighted by atomic mass is 9.95. The molecule has 9 rings (SSSR count). The predicted molar refractivity (Wildman–Crippen MR) is 208 cm³/mol. The van der Waals surface area contributed by atoms with Crippen molar-refractivity contribution in [1.82, 2.24) is 0 Å². The number of anilines is 3. The van der Waals surface area contributed by atoms with Gasteiger partial charge in [0, 0.05) is 37.2 Å². The molecule has 0 radical (unpaired) electrons. The van der Waals surface area contributed by atoms with Gasteiger partial charge in [-0.05, 0) is 92.7 Å². The molecule has 0 aliphatic carbocycles. The third-order valence-electron chi connectivity index (χ3n) is 9.29. The van der Waals surface area contributed by atoms with Crippen LogP contribution in [0.3, 0.4) is 0 Å². The molecule has 0 bridgehead atoms. The van der Waals surface area contributed by atoms with Crippen molar-refractivity contribution in [1.29, 1.82) is 0 Å². The summed E-state index contributed by atoms with van der Waals surface area (Å²) in [4.78, 5) is 2.35. The largest absolute Gasteiger partial charge is 0.311 e. The summed E-state index contributed by atoms with van der Waals surface area (Å²) in [6, 6.07) is 68.0. The van der Waals surface area contributed by atoms with Gasteiger partial charge in [-0.25, -0.2) is 0 Å². The molecule has 48 heavy (non-hydrogen) atoms. The van der Waals surface area contributed by atoms with Gasteiger partial charge in [-0.15, -0.1) is 11.3 Å². The van der Waals surface area contributed by atoms with E-state index < -0.39 is 0 Å². The van der Waals surface area contributed by atoms with E-state index in [1.54, 1.807) is 0 Å². The minimum Gasteiger partial charge on any atom is -0.311 e. The Hall–Kier alpha value is -5.96. The van der Waals surface area contributed by atoms with Crippen molar-refractivity contribution in [3.8, 4) is 33.4 Å². The zero-order chi connectivity index (χ0) is 31.9. The molecule has 1 nitrogen and oxygen atoms in total. The molecule has 0 amide bonds. The first-order valence-electron chi connectivity index (χ1n) is 16.3. The van der Waals surface area contributed by atoms with Crippen molar-refractivity contribution in [2.45, 2.75) is 0 Å². The zero-order valence-electron chi connectivity index (χ0n) is 26.3. The summed E-state index contributed by atoms with van der Waals surface area (Å²) < 4.78 is 2.66. The van der Waals surface area contributed by atoms with Gasteiger partial charge < -0.3 is 4.90 Å². The van der Waals surface area contributed by atoms with E-state index in [0.717, 1.165) is 17.1 Å². The number of hydrogen-bond acceptors (Lipinski definition) is 2. The van der Waals surface area contributed by atoms with Crippen LogP contribution in [0.25, 0.3) is 64.3 Å². The molecule has 1 aromatic heterocycles. The molecular weight excluding hydrogens is 599 g/mol. The smallest absolute Gasteiger partial charge is 0.0462 e. The maximum absolute atomic E-state index is 2.39. The molecule has 0 N–H and O–H groups in total. The third-order valence-corrected chi connectivity index (χ3v) is 10.4. The average Bonchev–Trinajstić information content (AvgIpc) is 3.55. The van der Waals surface area contributed by atoms with Crippen LogP contribution < -0.4 is 4.90 Å². The van der Waals surface area contributed by atoms with Crippen LogP contribution in [0, 0.1) is 0 Å². The Kier molecular flexibility index (Phi) is 7.07. The second kappa shape index (κ2) is 12.0. The van der Waals surface area contributed by atoms with Gasteiger partial charge in [-0.1, -0.05) is 140 Å². The monoisotopic (exact) mass is 629 g/mol. The van der Waals surface area contributed by atoms with Crippen LogP contribution in [0.2, 0.25) is 0 Å². The molecular formula is C46H31NS. The first kappa shape index (κ1) is 28.3. The second-order valence-electron chi connectivity index (χ2n) is 12.1. The standard InChI is InChI=1S/C46H31NS/c1-3-11-32(12-4-1)34-19-25-37(26-20-34)47(38-27-21-35(22-28-38)33-13-5-2-6-14-33)39-29-23-36(24-30-39)43-31-45-46(41-16-8-7-15-40(41)43)42-17-9-10-18-44(42)48-45/h1-31H. The van der Waals surface area contributed by atoms with Crippen LogP contribution in [-0.4, -0.2) is 0 Å². The summed E-state index contributed by atoms with van der Waals surface area (Å²) in [5.74, 6) is 0. The molecule has 0 aliphatic rings. The molecule has 0 saturated heterocycles. The number of fused-ring (bicyclic) bond motifs is 5.